The topological polar surface area (TPSA) is 69.8 Å². The van der Waals surface area contributed by atoms with Crippen molar-refractivity contribution in [2.75, 3.05) is 20.8 Å². The molecule has 1 unspecified atom stereocenters. The van der Waals surface area contributed by atoms with Gasteiger partial charge in [0, 0.05) is 54.2 Å². The summed E-state index contributed by atoms with van der Waals surface area (Å²) < 4.78 is 13.4. The number of halogens is 1. The van der Waals surface area contributed by atoms with Crippen LogP contribution in [0.5, 0.6) is 11.5 Å². The van der Waals surface area contributed by atoms with Crippen molar-refractivity contribution < 1.29 is 14.4 Å². The van der Waals surface area contributed by atoms with Crippen molar-refractivity contribution in [1.82, 2.24) is 9.47 Å². The molecule has 0 saturated carbocycles. The fraction of sp³-hybridized carbons (Fsp3) is 0.304. The Bertz CT molecular complexity index is 1100. The number of aromatic nitrogens is 1. The molecule has 0 saturated heterocycles. The second kappa shape index (κ2) is 8.99. The summed E-state index contributed by atoms with van der Waals surface area (Å²) in [5.74, 6) is 1.50. The van der Waals surface area contributed by atoms with E-state index in [1.165, 1.54) is 6.07 Å². The molecule has 31 heavy (non-hydrogen) atoms. The summed E-state index contributed by atoms with van der Waals surface area (Å²) in [5, 5.41) is 11.8. The van der Waals surface area contributed by atoms with Crippen LogP contribution in [0.1, 0.15) is 29.3 Å². The van der Waals surface area contributed by atoms with Crippen molar-refractivity contribution in [3.05, 3.63) is 86.7 Å². The first-order valence-corrected chi connectivity index (χ1v) is 10.4. The van der Waals surface area contributed by atoms with Crippen molar-refractivity contribution in [3.8, 4) is 11.5 Å². The zero-order chi connectivity index (χ0) is 22.0. The lowest BCUT2D eigenvalue weighted by molar-refractivity contribution is -0.384. The number of hydrogen-bond donors (Lipinski definition) is 0. The number of methoxy groups -OCH3 is 2. The SMILES string of the molecule is COc1ccc(OC)c(C2c3cccn3CCCN2Cc2cc([N+](=O)[O-])ccc2Cl)c1. The summed E-state index contributed by atoms with van der Waals surface area (Å²) in [6, 6.07) is 14.4. The van der Waals surface area contributed by atoms with Gasteiger partial charge in [0.1, 0.15) is 11.5 Å². The molecule has 1 aliphatic rings. The number of nitro benzene ring substituents is 1. The molecule has 3 aromatic rings. The van der Waals surface area contributed by atoms with Gasteiger partial charge in [-0.05, 0) is 48.4 Å². The van der Waals surface area contributed by atoms with Gasteiger partial charge in [0.25, 0.3) is 5.69 Å². The highest BCUT2D eigenvalue weighted by molar-refractivity contribution is 6.31. The molecule has 4 rings (SSSR count). The van der Waals surface area contributed by atoms with Crippen molar-refractivity contribution in [3.63, 3.8) is 0 Å². The number of non-ortho nitro benzene ring substituents is 1. The average molecular weight is 442 g/mol. The van der Waals surface area contributed by atoms with Crippen molar-refractivity contribution in [2.24, 2.45) is 0 Å². The molecule has 8 heteroatoms. The van der Waals surface area contributed by atoms with E-state index in [9.17, 15) is 10.1 Å². The number of benzene rings is 2. The quantitative estimate of drug-likeness (QED) is 0.395. The molecule has 0 spiro atoms. The van der Waals surface area contributed by atoms with Gasteiger partial charge < -0.3 is 14.0 Å². The molecule has 1 aliphatic heterocycles. The Morgan fingerprint density at radius 2 is 1.97 bits per heavy atom. The molecule has 0 bridgehead atoms. The first kappa shape index (κ1) is 21.2. The summed E-state index contributed by atoms with van der Waals surface area (Å²) in [7, 11) is 3.30. The highest BCUT2D eigenvalue weighted by atomic mass is 35.5. The van der Waals surface area contributed by atoms with Gasteiger partial charge in [-0.3, -0.25) is 15.0 Å². The zero-order valence-corrected chi connectivity index (χ0v) is 18.2. The van der Waals surface area contributed by atoms with Gasteiger partial charge in [-0.2, -0.15) is 0 Å². The number of nitrogens with zero attached hydrogens (tertiary/aromatic N) is 3. The minimum atomic E-state index is -0.393. The number of hydrogen-bond acceptors (Lipinski definition) is 5. The van der Waals surface area contributed by atoms with E-state index in [1.807, 2.05) is 24.3 Å². The highest BCUT2D eigenvalue weighted by Gasteiger charge is 2.30. The van der Waals surface area contributed by atoms with Gasteiger partial charge in [-0.25, -0.2) is 0 Å². The summed E-state index contributed by atoms with van der Waals surface area (Å²) in [6.07, 6.45) is 3.02. The predicted octanol–water partition coefficient (Wildman–Crippen LogP) is 5.06. The van der Waals surface area contributed by atoms with E-state index in [0.29, 0.717) is 11.6 Å². The molecule has 2 heterocycles. The second-order valence-electron chi connectivity index (χ2n) is 7.49. The van der Waals surface area contributed by atoms with Crippen molar-refractivity contribution in [2.45, 2.75) is 25.6 Å². The minimum Gasteiger partial charge on any atom is -0.497 e. The van der Waals surface area contributed by atoms with E-state index in [4.69, 9.17) is 21.1 Å². The smallest absolute Gasteiger partial charge is 0.269 e. The Hall–Kier alpha value is -3.03. The Balaban J connectivity index is 1.82. The molecule has 1 atom stereocenters. The third-order valence-corrected chi connectivity index (χ3v) is 6.07. The fourth-order valence-corrected chi connectivity index (χ4v) is 4.41. The van der Waals surface area contributed by atoms with Crippen LogP contribution in [0.15, 0.2) is 54.7 Å². The lowest BCUT2D eigenvalue weighted by Crippen LogP contribution is -2.30. The fourth-order valence-electron chi connectivity index (χ4n) is 4.23. The molecule has 162 valence electrons. The molecule has 2 aromatic carbocycles. The maximum atomic E-state index is 11.3. The van der Waals surface area contributed by atoms with Crippen LogP contribution < -0.4 is 9.47 Å². The molecule has 0 fully saturated rings. The summed E-state index contributed by atoms with van der Waals surface area (Å²) in [6.45, 7) is 2.16. The van der Waals surface area contributed by atoms with Crippen LogP contribution in [0.3, 0.4) is 0 Å². The van der Waals surface area contributed by atoms with E-state index in [2.05, 4.69) is 21.7 Å². The predicted molar refractivity (Wildman–Crippen MR) is 119 cm³/mol. The third-order valence-electron chi connectivity index (χ3n) is 5.70. The second-order valence-corrected chi connectivity index (χ2v) is 7.90. The first-order valence-electron chi connectivity index (χ1n) is 10.1. The van der Waals surface area contributed by atoms with Gasteiger partial charge in [-0.15, -0.1) is 0 Å². The van der Waals surface area contributed by atoms with Crippen LogP contribution in [0, 0.1) is 10.1 Å². The third kappa shape index (κ3) is 4.24. The van der Waals surface area contributed by atoms with Gasteiger partial charge in [0.15, 0.2) is 0 Å². The molecule has 0 radical (unpaired) electrons. The number of ether oxygens (including phenoxy) is 2. The highest BCUT2D eigenvalue weighted by Crippen LogP contribution is 2.40. The van der Waals surface area contributed by atoms with Gasteiger partial charge >= 0.3 is 0 Å². The molecular formula is C23H24ClN3O4. The Morgan fingerprint density at radius 3 is 2.71 bits per heavy atom. The van der Waals surface area contributed by atoms with Crippen molar-refractivity contribution in [1.29, 1.82) is 0 Å². The monoisotopic (exact) mass is 441 g/mol. The number of nitro groups is 1. The normalized spacial score (nSPS) is 16.4. The van der Waals surface area contributed by atoms with Gasteiger partial charge in [0.2, 0.25) is 0 Å². The lowest BCUT2D eigenvalue weighted by atomic mass is 9.99. The van der Waals surface area contributed by atoms with Crippen LogP contribution in [0.4, 0.5) is 5.69 Å². The first-order chi connectivity index (χ1) is 15.0. The van der Waals surface area contributed by atoms with Gasteiger partial charge in [0.05, 0.1) is 25.2 Å². The molecule has 1 aromatic heterocycles. The summed E-state index contributed by atoms with van der Waals surface area (Å²) in [4.78, 5) is 13.2. The summed E-state index contributed by atoms with van der Waals surface area (Å²) >= 11 is 6.44. The lowest BCUT2D eigenvalue weighted by Gasteiger charge is -2.32. The number of rotatable bonds is 6. The van der Waals surface area contributed by atoms with E-state index in [0.717, 1.165) is 47.8 Å². The minimum absolute atomic E-state index is 0.0353. The standard InChI is InChI=1S/C23H24ClN3O4/c1-30-18-7-9-22(31-2)19(14-18)23-21-5-3-10-25(21)11-4-12-26(23)15-16-13-17(27(28)29)6-8-20(16)24/h3,5-10,13-14,23H,4,11-12,15H2,1-2H3. The van der Waals surface area contributed by atoms with Crippen molar-refractivity contribution >= 4 is 17.3 Å². The van der Waals surface area contributed by atoms with E-state index in [1.54, 1.807) is 26.4 Å². The number of aryl methyl sites for hydroxylation is 1. The maximum Gasteiger partial charge on any atom is 0.269 e. The Kier molecular flexibility index (Phi) is 6.15. The average Bonchev–Trinajstić information content (AvgIpc) is 3.16. The zero-order valence-electron chi connectivity index (χ0n) is 17.5. The van der Waals surface area contributed by atoms with E-state index in [-0.39, 0.29) is 11.7 Å². The van der Waals surface area contributed by atoms with Crippen LogP contribution in [-0.4, -0.2) is 35.2 Å². The molecule has 7 nitrogen and oxygen atoms in total. The Labute approximate surface area is 185 Å². The maximum absolute atomic E-state index is 11.3. The Morgan fingerprint density at radius 1 is 1.13 bits per heavy atom. The van der Waals surface area contributed by atoms with E-state index < -0.39 is 4.92 Å². The molecule has 0 aliphatic carbocycles. The molecule has 0 N–H and O–H groups in total. The van der Waals surface area contributed by atoms with Crippen LogP contribution in [-0.2, 0) is 13.1 Å². The summed E-state index contributed by atoms with van der Waals surface area (Å²) in [5.41, 5.74) is 2.87. The van der Waals surface area contributed by atoms with Crippen LogP contribution in [0.25, 0.3) is 0 Å². The van der Waals surface area contributed by atoms with Crippen LogP contribution >= 0.6 is 11.6 Å². The van der Waals surface area contributed by atoms with Crippen LogP contribution in [0.2, 0.25) is 5.02 Å². The van der Waals surface area contributed by atoms with Gasteiger partial charge in [-0.1, -0.05) is 11.6 Å². The molecule has 0 amide bonds. The van der Waals surface area contributed by atoms with E-state index >= 15 is 0 Å². The largest absolute Gasteiger partial charge is 0.497 e. The molecular weight excluding hydrogens is 418 g/mol. The number of fused-ring (bicyclic) bond motifs is 1.